The van der Waals surface area contributed by atoms with Crippen LogP contribution in [0.4, 0.5) is 0 Å². The van der Waals surface area contributed by atoms with Gasteiger partial charge in [0.2, 0.25) is 0 Å². The van der Waals surface area contributed by atoms with Gasteiger partial charge in [-0.15, -0.1) is 34.0 Å². The average Bonchev–Trinajstić information content (AvgIpc) is 3.27. The monoisotopic (exact) mass is 416 g/mol. The molecule has 0 spiro atoms. The summed E-state index contributed by atoms with van der Waals surface area (Å²) in [5.74, 6) is -1.85. The molecule has 2 N–H and O–H groups in total. The first kappa shape index (κ1) is 17.8. The van der Waals surface area contributed by atoms with E-state index in [4.69, 9.17) is 13.8 Å². The van der Waals surface area contributed by atoms with E-state index in [1.807, 2.05) is 12.1 Å². The normalized spacial score (nSPS) is 10.0. The Kier molecular flexibility index (Phi) is 6.06. The van der Waals surface area contributed by atoms with E-state index in [-0.39, 0.29) is 18.3 Å². The van der Waals surface area contributed by atoms with Crippen LogP contribution >= 0.6 is 34.0 Å². The van der Waals surface area contributed by atoms with Crippen LogP contribution in [0, 0.1) is 0 Å². The van der Waals surface area contributed by atoms with Gasteiger partial charge in [0, 0.05) is 19.5 Å². The van der Waals surface area contributed by atoms with Gasteiger partial charge in [0.25, 0.3) is 0 Å². The molecule has 23 heavy (non-hydrogen) atoms. The Bertz CT molecular complexity index is 781. The molecule has 0 aliphatic rings. The molecule has 3 aromatic rings. The van der Waals surface area contributed by atoms with Crippen molar-refractivity contribution < 1.29 is 41.6 Å². The fourth-order valence-corrected chi connectivity index (χ4v) is 4.65. The average molecular weight is 418 g/mol. The van der Waals surface area contributed by atoms with Crippen molar-refractivity contribution in [1.82, 2.24) is 0 Å². The summed E-state index contributed by atoms with van der Waals surface area (Å²) in [6.45, 7) is 0. The molecule has 9 heteroatoms. The summed E-state index contributed by atoms with van der Waals surface area (Å²) in [7, 11) is 0. The van der Waals surface area contributed by atoms with Crippen molar-refractivity contribution in [3.05, 3.63) is 46.2 Å². The van der Waals surface area contributed by atoms with Gasteiger partial charge in [-0.1, -0.05) is 0 Å². The van der Waals surface area contributed by atoms with Crippen LogP contribution in [0.15, 0.2) is 36.4 Å². The zero-order valence-corrected chi connectivity index (χ0v) is 16.9. The number of carboxylic acids is 2. The predicted octanol–water partition coefficient (Wildman–Crippen LogP) is 4.48. The Hall–Kier alpha value is -1.54. The molecule has 0 unspecified atom stereocenters. The minimum absolute atomic E-state index is 0.125. The van der Waals surface area contributed by atoms with Gasteiger partial charge in [-0.3, -0.25) is 0 Å². The molecule has 114 valence electrons. The maximum atomic E-state index is 10.9. The van der Waals surface area contributed by atoms with Crippen LogP contribution in [0.2, 0.25) is 0 Å². The van der Waals surface area contributed by atoms with Crippen LogP contribution in [0.25, 0.3) is 19.5 Å². The number of thiophene rings is 3. The van der Waals surface area contributed by atoms with Crippen molar-refractivity contribution in [3.63, 3.8) is 0 Å². The van der Waals surface area contributed by atoms with Crippen molar-refractivity contribution in [3.8, 4) is 19.5 Å². The van der Waals surface area contributed by atoms with Crippen LogP contribution in [-0.2, 0) is 21.8 Å². The number of carboxylic acid groups (broad SMARTS) is 2. The molecule has 3 aromatic heterocycles. The molecule has 0 saturated carbocycles. The third-order valence-corrected chi connectivity index (χ3v) is 6.35. The van der Waals surface area contributed by atoms with Crippen LogP contribution in [0.1, 0.15) is 19.3 Å². The molecule has 0 saturated heterocycles. The number of aromatic carboxylic acids is 2. The SMILES string of the molecule is O=C(O)c1ccc(-c2ccc(-c3ccc(C(=O)O)s3)s2)s1.[O]=[Zn]. The molecule has 3 heterocycles. The summed E-state index contributed by atoms with van der Waals surface area (Å²) in [4.78, 5) is 26.2. The van der Waals surface area contributed by atoms with Crippen molar-refractivity contribution >= 4 is 45.9 Å². The first-order valence-corrected chi connectivity index (χ1v) is 9.76. The van der Waals surface area contributed by atoms with E-state index in [2.05, 4.69) is 0 Å². The molecule has 0 fully saturated rings. The molecular weight excluding hydrogens is 410 g/mol. The summed E-state index contributed by atoms with van der Waals surface area (Å²) < 4.78 is 8.38. The fourth-order valence-electron chi connectivity index (χ4n) is 1.77. The Morgan fingerprint density at radius 2 is 0.957 bits per heavy atom. The molecular formula is C14H8O5S3Zn. The first-order valence-electron chi connectivity index (χ1n) is 6.10. The molecule has 0 aliphatic carbocycles. The second-order valence-corrected chi connectivity index (χ2v) is 7.35. The molecule has 0 amide bonds. The van der Waals surface area contributed by atoms with E-state index in [0.29, 0.717) is 9.75 Å². The summed E-state index contributed by atoms with van der Waals surface area (Å²) in [5, 5.41) is 17.9. The van der Waals surface area contributed by atoms with Gasteiger partial charge in [0.05, 0.1) is 0 Å². The van der Waals surface area contributed by atoms with Crippen LogP contribution in [0.5, 0.6) is 0 Å². The van der Waals surface area contributed by atoms with Gasteiger partial charge >= 0.3 is 33.8 Å². The topological polar surface area (TPSA) is 91.7 Å². The summed E-state index contributed by atoms with van der Waals surface area (Å²) in [5.41, 5.74) is 0. The molecule has 0 bridgehead atoms. The van der Waals surface area contributed by atoms with E-state index in [0.717, 1.165) is 19.5 Å². The number of hydrogen-bond donors (Lipinski definition) is 2. The fraction of sp³-hybridized carbons (Fsp3) is 0. The van der Waals surface area contributed by atoms with Gasteiger partial charge in [-0.2, -0.15) is 0 Å². The van der Waals surface area contributed by atoms with Gasteiger partial charge in [-0.05, 0) is 36.4 Å². The summed E-state index contributed by atoms with van der Waals surface area (Å²) in [6.07, 6.45) is 0. The quantitative estimate of drug-likeness (QED) is 0.611. The molecule has 0 aromatic carbocycles. The van der Waals surface area contributed by atoms with Gasteiger partial charge in [0.15, 0.2) is 0 Å². The predicted molar refractivity (Wildman–Crippen MR) is 85.6 cm³/mol. The Morgan fingerprint density at radius 3 is 1.26 bits per heavy atom. The van der Waals surface area contributed by atoms with Gasteiger partial charge in [-0.25, -0.2) is 9.59 Å². The van der Waals surface area contributed by atoms with Crippen molar-refractivity contribution in [2.45, 2.75) is 0 Å². The van der Waals surface area contributed by atoms with Gasteiger partial charge in [0.1, 0.15) is 9.75 Å². The van der Waals surface area contributed by atoms with E-state index >= 15 is 0 Å². The molecule has 3 rings (SSSR count). The van der Waals surface area contributed by atoms with Crippen molar-refractivity contribution in [1.29, 1.82) is 0 Å². The van der Waals surface area contributed by atoms with Crippen molar-refractivity contribution in [2.75, 3.05) is 0 Å². The Labute approximate surface area is 152 Å². The van der Waals surface area contributed by atoms with E-state index in [1.165, 1.54) is 34.0 Å². The maximum absolute atomic E-state index is 10.9. The molecule has 0 atom stereocenters. The third-order valence-electron chi connectivity index (χ3n) is 2.73. The zero-order chi connectivity index (χ0) is 17.0. The summed E-state index contributed by atoms with van der Waals surface area (Å²) >= 11 is 4.11. The Morgan fingerprint density at radius 1 is 0.652 bits per heavy atom. The number of hydrogen-bond acceptors (Lipinski definition) is 6. The van der Waals surface area contributed by atoms with Crippen LogP contribution in [0.3, 0.4) is 0 Å². The van der Waals surface area contributed by atoms with E-state index in [1.54, 1.807) is 24.3 Å². The second-order valence-electron chi connectivity index (χ2n) is 4.10. The van der Waals surface area contributed by atoms with E-state index in [9.17, 15) is 9.59 Å². The molecule has 5 nitrogen and oxygen atoms in total. The van der Waals surface area contributed by atoms with Crippen molar-refractivity contribution in [2.24, 2.45) is 0 Å². The zero-order valence-electron chi connectivity index (χ0n) is 11.5. The molecule has 0 aliphatic heterocycles. The second kappa shape index (κ2) is 7.83. The number of carbonyl (C=O) groups is 2. The molecule has 0 radical (unpaired) electrons. The van der Waals surface area contributed by atoms with Crippen LogP contribution < -0.4 is 0 Å². The standard InChI is InChI=1S/C14H8O4S3.O.Zn/c15-13(16)11-5-3-9(20-11)7-1-2-8(19-7)10-4-6-12(21-10)14(17)18;;/h1-6H,(H,15,16)(H,17,18);;. The third kappa shape index (κ3) is 4.06. The first-order chi connectivity index (χ1) is 11.0. The Balaban J connectivity index is 0.000000924. The number of rotatable bonds is 4. The van der Waals surface area contributed by atoms with E-state index < -0.39 is 11.9 Å². The summed E-state index contributed by atoms with van der Waals surface area (Å²) in [6, 6.07) is 10.6. The van der Waals surface area contributed by atoms with Crippen LogP contribution in [-0.4, -0.2) is 22.2 Å². The minimum atomic E-state index is -0.924. The van der Waals surface area contributed by atoms with Gasteiger partial charge < -0.3 is 10.2 Å².